The van der Waals surface area contributed by atoms with Crippen LogP contribution in [0, 0.1) is 0 Å². The predicted molar refractivity (Wildman–Crippen MR) is 111 cm³/mol. The van der Waals surface area contributed by atoms with Crippen LogP contribution in [-0.2, 0) is 0 Å². The lowest BCUT2D eigenvalue weighted by Crippen LogP contribution is -2.48. The molecule has 0 aliphatic heterocycles. The SMILES string of the molecule is COc1sc(N(C)C)cc1C1C(c2cc(N(C)C)sc2OC)C(F)(F)C(F)(F)C1(F)F. The molecule has 0 spiro atoms. The molecule has 0 N–H and O–H groups in total. The molecule has 174 valence electrons. The van der Waals surface area contributed by atoms with Crippen LogP contribution in [0.15, 0.2) is 12.1 Å². The lowest BCUT2D eigenvalue weighted by molar-refractivity contribution is -0.275. The van der Waals surface area contributed by atoms with E-state index >= 15 is 17.6 Å². The quantitative estimate of drug-likeness (QED) is 0.484. The summed E-state index contributed by atoms with van der Waals surface area (Å²) in [6.07, 6.45) is 0. The van der Waals surface area contributed by atoms with Crippen LogP contribution in [0.5, 0.6) is 10.1 Å². The molecule has 0 amide bonds. The number of hydrogen-bond acceptors (Lipinski definition) is 6. The van der Waals surface area contributed by atoms with Crippen LogP contribution < -0.4 is 19.3 Å². The molecule has 1 aliphatic carbocycles. The number of rotatable bonds is 6. The minimum Gasteiger partial charge on any atom is -0.487 e. The topological polar surface area (TPSA) is 24.9 Å². The number of hydrogen-bond donors (Lipinski definition) is 0. The highest BCUT2D eigenvalue weighted by molar-refractivity contribution is 7.18. The van der Waals surface area contributed by atoms with E-state index in [1.807, 2.05) is 0 Å². The molecule has 2 unspecified atom stereocenters. The van der Waals surface area contributed by atoms with Gasteiger partial charge in [-0.3, -0.25) is 0 Å². The molecular formula is C19H22F6N2O2S2. The minimum absolute atomic E-state index is 0.117. The van der Waals surface area contributed by atoms with E-state index in [2.05, 4.69) is 0 Å². The Morgan fingerprint density at radius 2 is 1.03 bits per heavy atom. The smallest absolute Gasteiger partial charge is 0.373 e. The summed E-state index contributed by atoms with van der Waals surface area (Å²) in [5.74, 6) is -20.7. The Bertz CT molecular complexity index is 883. The summed E-state index contributed by atoms with van der Waals surface area (Å²) in [4.78, 5) is 3.12. The maximum Gasteiger partial charge on any atom is 0.373 e. The van der Waals surface area contributed by atoms with Gasteiger partial charge in [0.25, 0.3) is 0 Å². The summed E-state index contributed by atoms with van der Waals surface area (Å²) in [7, 11) is 8.84. The highest BCUT2D eigenvalue weighted by atomic mass is 32.1. The number of ether oxygens (including phenoxy) is 2. The van der Waals surface area contributed by atoms with Crippen LogP contribution in [0.25, 0.3) is 0 Å². The zero-order valence-corrected chi connectivity index (χ0v) is 19.2. The fraction of sp³-hybridized carbons (Fsp3) is 0.579. The highest BCUT2D eigenvalue weighted by Crippen LogP contribution is 2.71. The molecule has 12 heteroatoms. The Morgan fingerprint density at radius 3 is 1.29 bits per heavy atom. The summed E-state index contributed by atoms with van der Waals surface area (Å²) in [5.41, 5.74) is -0.773. The van der Waals surface area contributed by atoms with Crippen molar-refractivity contribution in [3.05, 3.63) is 23.3 Å². The number of nitrogens with zero attached hydrogens (tertiary/aromatic N) is 2. The Kier molecular flexibility index (Phi) is 5.88. The van der Waals surface area contributed by atoms with Gasteiger partial charge in [0.2, 0.25) is 0 Å². The Morgan fingerprint density at radius 1 is 0.710 bits per heavy atom. The Labute approximate surface area is 184 Å². The van der Waals surface area contributed by atoms with Crippen molar-refractivity contribution in [2.45, 2.75) is 29.6 Å². The van der Waals surface area contributed by atoms with Gasteiger partial charge in [-0.15, -0.1) is 0 Å². The van der Waals surface area contributed by atoms with E-state index in [1.54, 1.807) is 38.0 Å². The fourth-order valence-corrected chi connectivity index (χ4v) is 5.62. The van der Waals surface area contributed by atoms with Crippen LogP contribution in [0.1, 0.15) is 23.0 Å². The van der Waals surface area contributed by atoms with Gasteiger partial charge in [0, 0.05) is 39.3 Å². The zero-order chi connectivity index (χ0) is 23.5. The summed E-state index contributed by atoms with van der Waals surface area (Å²) in [5, 5.41) is 0.584. The van der Waals surface area contributed by atoms with Crippen molar-refractivity contribution in [1.82, 2.24) is 0 Å². The third-order valence-corrected chi connectivity index (χ3v) is 7.86. The Balaban J connectivity index is 2.32. The van der Waals surface area contributed by atoms with E-state index in [1.165, 1.54) is 26.4 Å². The lowest BCUT2D eigenvalue weighted by atomic mass is 9.83. The van der Waals surface area contributed by atoms with Crippen molar-refractivity contribution in [3.63, 3.8) is 0 Å². The van der Waals surface area contributed by atoms with E-state index in [4.69, 9.17) is 9.47 Å². The second-order valence-corrected chi connectivity index (χ2v) is 9.61. The second-order valence-electron chi connectivity index (χ2n) is 7.63. The number of methoxy groups -OCH3 is 2. The highest BCUT2D eigenvalue weighted by Gasteiger charge is 2.85. The van der Waals surface area contributed by atoms with Gasteiger partial charge in [-0.05, 0) is 12.1 Å². The van der Waals surface area contributed by atoms with Crippen LogP contribution >= 0.6 is 22.7 Å². The number of thiophene rings is 2. The first-order valence-corrected chi connectivity index (χ1v) is 10.7. The van der Waals surface area contributed by atoms with E-state index in [0.29, 0.717) is 10.0 Å². The number of anilines is 2. The first kappa shape index (κ1) is 23.8. The average Bonchev–Trinajstić information content (AvgIpc) is 3.31. The normalized spacial score (nSPS) is 23.6. The van der Waals surface area contributed by atoms with Gasteiger partial charge in [-0.25, -0.2) is 0 Å². The molecule has 0 radical (unpaired) electrons. The van der Waals surface area contributed by atoms with Crippen molar-refractivity contribution in [2.75, 3.05) is 52.2 Å². The van der Waals surface area contributed by atoms with E-state index < -0.39 is 29.6 Å². The number of alkyl halides is 6. The molecule has 2 atom stereocenters. The average molecular weight is 489 g/mol. The van der Waals surface area contributed by atoms with E-state index in [-0.39, 0.29) is 21.3 Å². The van der Waals surface area contributed by atoms with Crippen LogP contribution in [0.2, 0.25) is 0 Å². The van der Waals surface area contributed by atoms with Gasteiger partial charge in [-0.2, -0.15) is 26.3 Å². The molecule has 0 saturated heterocycles. The van der Waals surface area contributed by atoms with Gasteiger partial charge in [0.15, 0.2) is 10.1 Å². The van der Waals surface area contributed by atoms with Crippen LogP contribution in [0.4, 0.5) is 36.3 Å². The molecule has 1 aliphatic rings. The van der Waals surface area contributed by atoms with Gasteiger partial charge in [-0.1, -0.05) is 22.7 Å². The van der Waals surface area contributed by atoms with Crippen molar-refractivity contribution in [2.24, 2.45) is 0 Å². The molecule has 0 bridgehead atoms. The largest absolute Gasteiger partial charge is 0.487 e. The molecular weight excluding hydrogens is 466 g/mol. The molecule has 2 heterocycles. The van der Waals surface area contributed by atoms with Crippen molar-refractivity contribution in [1.29, 1.82) is 0 Å². The van der Waals surface area contributed by atoms with Crippen molar-refractivity contribution < 1.29 is 35.8 Å². The fourth-order valence-electron chi connectivity index (χ4n) is 3.73. The first-order valence-electron chi connectivity index (χ1n) is 9.05. The predicted octanol–water partition coefficient (Wildman–Crippen LogP) is 5.75. The molecule has 4 nitrogen and oxygen atoms in total. The molecule has 2 aromatic heterocycles. The van der Waals surface area contributed by atoms with Gasteiger partial charge in [0.1, 0.15) is 0 Å². The summed E-state index contributed by atoms with van der Waals surface area (Å²) in [6.45, 7) is 0. The molecule has 0 aromatic carbocycles. The standard InChI is InChI=1S/C19H22F6N2O2S2/c1-26(2)11-7-9(15(28-5)30-11)13-14(18(22,23)19(24,25)17(13,20)21)10-8-12(27(3)4)31-16(10)29-6/h7-8,13-14H,1-6H3. The zero-order valence-electron chi connectivity index (χ0n) is 17.6. The second kappa shape index (κ2) is 7.65. The van der Waals surface area contributed by atoms with Crippen molar-refractivity contribution >= 4 is 32.7 Å². The maximum absolute atomic E-state index is 15.1. The molecule has 3 rings (SSSR count). The Hall–Kier alpha value is -1.82. The lowest BCUT2D eigenvalue weighted by Gasteiger charge is -2.25. The van der Waals surface area contributed by atoms with Crippen molar-refractivity contribution in [3.8, 4) is 10.1 Å². The molecule has 1 fully saturated rings. The molecule has 1 saturated carbocycles. The first-order chi connectivity index (χ1) is 14.2. The minimum atomic E-state index is -5.58. The van der Waals surface area contributed by atoms with Crippen LogP contribution in [0.3, 0.4) is 0 Å². The van der Waals surface area contributed by atoms with Crippen LogP contribution in [-0.4, -0.2) is 60.2 Å². The van der Waals surface area contributed by atoms with Gasteiger partial charge in [0.05, 0.1) is 36.1 Å². The maximum atomic E-state index is 15.1. The summed E-state index contributed by atoms with van der Waals surface area (Å²) >= 11 is 1.83. The monoisotopic (exact) mass is 488 g/mol. The van der Waals surface area contributed by atoms with Gasteiger partial charge < -0.3 is 19.3 Å². The summed E-state index contributed by atoms with van der Waals surface area (Å²) < 4.78 is 99.8. The van der Waals surface area contributed by atoms with Gasteiger partial charge >= 0.3 is 17.8 Å². The third kappa shape index (κ3) is 3.33. The molecule has 31 heavy (non-hydrogen) atoms. The summed E-state index contributed by atoms with van der Waals surface area (Å²) in [6, 6.07) is 2.41. The third-order valence-electron chi connectivity index (χ3n) is 5.30. The molecule has 2 aromatic rings. The van der Waals surface area contributed by atoms with E-state index in [9.17, 15) is 8.78 Å². The van der Waals surface area contributed by atoms with E-state index in [0.717, 1.165) is 22.7 Å². The number of halogens is 6.